The predicted octanol–water partition coefficient (Wildman–Crippen LogP) is 5.02. The molecule has 2 aromatic rings. The summed E-state index contributed by atoms with van der Waals surface area (Å²) in [6.45, 7) is 8.54. The predicted molar refractivity (Wildman–Crippen MR) is 114 cm³/mol. The van der Waals surface area contributed by atoms with Crippen molar-refractivity contribution in [2.75, 3.05) is 20.1 Å². The lowest BCUT2D eigenvalue weighted by atomic mass is 9.76. The maximum atomic E-state index is 12.2. The summed E-state index contributed by atoms with van der Waals surface area (Å²) in [5, 5.41) is 9.98. The summed E-state index contributed by atoms with van der Waals surface area (Å²) < 4.78 is 6.15. The number of rotatable bonds is 4. The molecular formula is C23H29NO3S. The molecule has 150 valence electrons. The highest BCUT2D eigenvalue weighted by Crippen LogP contribution is 2.46. The van der Waals surface area contributed by atoms with Crippen LogP contribution in [0, 0.1) is 12.3 Å². The van der Waals surface area contributed by atoms with Crippen molar-refractivity contribution in [2.45, 2.75) is 52.6 Å². The van der Waals surface area contributed by atoms with E-state index < -0.39 is 5.97 Å². The van der Waals surface area contributed by atoms with Crippen LogP contribution in [0.1, 0.15) is 53.1 Å². The zero-order valence-electron chi connectivity index (χ0n) is 17.2. The molecule has 2 aliphatic rings. The molecule has 1 aliphatic carbocycles. The second kappa shape index (κ2) is 7.20. The highest BCUT2D eigenvalue weighted by Gasteiger charge is 2.33. The molecule has 1 aromatic heterocycles. The van der Waals surface area contributed by atoms with Crippen LogP contribution in [0.5, 0.6) is 5.75 Å². The van der Waals surface area contributed by atoms with Crippen LogP contribution in [0.2, 0.25) is 0 Å². The number of likely N-dealkylation sites (tertiary alicyclic amines) is 1. The number of thiophene rings is 1. The monoisotopic (exact) mass is 399 g/mol. The minimum atomic E-state index is -0.807. The number of carboxylic acid groups (broad SMARTS) is 1. The number of carbonyl (C=O) groups is 1. The highest BCUT2D eigenvalue weighted by molar-refractivity contribution is 7.16. The van der Waals surface area contributed by atoms with E-state index in [1.54, 1.807) is 11.3 Å². The van der Waals surface area contributed by atoms with Gasteiger partial charge in [-0.1, -0.05) is 13.8 Å². The summed E-state index contributed by atoms with van der Waals surface area (Å²) in [6, 6.07) is 6.09. The molecule has 0 unspecified atom stereocenters. The quantitative estimate of drug-likeness (QED) is 0.784. The molecule has 1 aliphatic heterocycles. The molecule has 0 amide bonds. The van der Waals surface area contributed by atoms with Crippen LogP contribution in [0.15, 0.2) is 18.2 Å². The van der Waals surface area contributed by atoms with Crippen LogP contribution in [0.3, 0.4) is 0 Å². The van der Waals surface area contributed by atoms with Gasteiger partial charge < -0.3 is 14.7 Å². The largest absolute Gasteiger partial charge is 0.489 e. The fourth-order valence-corrected chi connectivity index (χ4v) is 5.88. The van der Waals surface area contributed by atoms with Gasteiger partial charge in [-0.3, -0.25) is 0 Å². The van der Waals surface area contributed by atoms with Gasteiger partial charge in [-0.2, -0.15) is 0 Å². The topological polar surface area (TPSA) is 49.8 Å². The van der Waals surface area contributed by atoms with Gasteiger partial charge in [0.2, 0.25) is 0 Å². The number of likely N-dealkylation sites (N-methyl/N-ethyl adjacent to an activating group) is 1. The van der Waals surface area contributed by atoms with Gasteiger partial charge in [-0.15, -0.1) is 11.3 Å². The standard InChI is InChI=1S/C23H29NO3S/c1-14-11-15(27-16-8-10-24(4)13-16)5-6-17(14)21-20(22(25)26)18-12-23(2,3)9-7-19(18)28-21/h5-6,11,16H,7-10,12-13H2,1-4H3,(H,25,26)/t16-/m1/s1. The fraction of sp³-hybridized carbons (Fsp3) is 0.522. The van der Waals surface area contributed by atoms with E-state index in [0.717, 1.165) is 66.1 Å². The van der Waals surface area contributed by atoms with Crippen molar-refractivity contribution in [3.05, 3.63) is 39.8 Å². The number of benzene rings is 1. The summed E-state index contributed by atoms with van der Waals surface area (Å²) in [5.41, 5.74) is 3.82. The Morgan fingerprint density at radius 2 is 2.14 bits per heavy atom. The van der Waals surface area contributed by atoms with Crippen LogP contribution in [0.4, 0.5) is 0 Å². The molecule has 1 fully saturated rings. The van der Waals surface area contributed by atoms with E-state index in [-0.39, 0.29) is 11.5 Å². The minimum Gasteiger partial charge on any atom is -0.489 e. The second-order valence-electron chi connectivity index (χ2n) is 9.12. The Morgan fingerprint density at radius 1 is 1.36 bits per heavy atom. The van der Waals surface area contributed by atoms with Gasteiger partial charge in [0.25, 0.3) is 0 Å². The Kier molecular flexibility index (Phi) is 5.00. The van der Waals surface area contributed by atoms with Gasteiger partial charge in [0.1, 0.15) is 11.9 Å². The first-order valence-corrected chi connectivity index (χ1v) is 10.9. The summed E-state index contributed by atoms with van der Waals surface area (Å²) in [4.78, 5) is 16.6. The molecule has 1 N–H and O–H groups in total. The van der Waals surface area contributed by atoms with E-state index in [0.29, 0.717) is 5.56 Å². The second-order valence-corrected chi connectivity index (χ2v) is 10.2. The highest BCUT2D eigenvalue weighted by atomic mass is 32.1. The van der Waals surface area contributed by atoms with E-state index in [1.165, 1.54) is 4.88 Å². The maximum absolute atomic E-state index is 12.2. The zero-order valence-corrected chi connectivity index (χ0v) is 18.0. The van der Waals surface area contributed by atoms with E-state index in [9.17, 15) is 9.90 Å². The van der Waals surface area contributed by atoms with Crippen LogP contribution in [-0.2, 0) is 12.8 Å². The summed E-state index contributed by atoms with van der Waals surface area (Å²) in [5.74, 6) is 0.0693. The lowest BCUT2D eigenvalue weighted by Gasteiger charge is -2.29. The Bertz CT molecular complexity index is 915. The number of hydrogen-bond acceptors (Lipinski definition) is 4. The summed E-state index contributed by atoms with van der Waals surface area (Å²) >= 11 is 1.67. The van der Waals surface area contributed by atoms with Crippen molar-refractivity contribution in [3.8, 4) is 16.2 Å². The molecule has 0 bridgehead atoms. The van der Waals surface area contributed by atoms with Crippen molar-refractivity contribution in [2.24, 2.45) is 5.41 Å². The normalized spacial score (nSPS) is 21.5. The van der Waals surface area contributed by atoms with Crippen molar-refractivity contribution >= 4 is 17.3 Å². The Labute approximate surface area is 171 Å². The number of aryl methyl sites for hydroxylation is 2. The third kappa shape index (κ3) is 3.70. The van der Waals surface area contributed by atoms with E-state index in [4.69, 9.17) is 4.74 Å². The summed E-state index contributed by atoms with van der Waals surface area (Å²) in [6.07, 6.45) is 4.22. The van der Waals surface area contributed by atoms with Gasteiger partial charge in [-0.25, -0.2) is 4.79 Å². The average Bonchev–Trinajstić information content (AvgIpc) is 3.17. The molecule has 2 heterocycles. The van der Waals surface area contributed by atoms with E-state index >= 15 is 0 Å². The summed E-state index contributed by atoms with van der Waals surface area (Å²) in [7, 11) is 2.12. The molecule has 0 spiro atoms. The number of hydrogen-bond donors (Lipinski definition) is 1. The minimum absolute atomic E-state index is 0.163. The molecular weight excluding hydrogens is 370 g/mol. The molecule has 0 radical (unpaired) electrons. The van der Waals surface area contributed by atoms with E-state index in [1.807, 2.05) is 12.1 Å². The average molecular weight is 400 g/mol. The van der Waals surface area contributed by atoms with Gasteiger partial charge in [-0.05, 0) is 80.0 Å². The van der Waals surface area contributed by atoms with Crippen molar-refractivity contribution < 1.29 is 14.6 Å². The number of fused-ring (bicyclic) bond motifs is 1. The van der Waals surface area contributed by atoms with E-state index in [2.05, 4.69) is 38.8 Å². The van der Waals surface area contributed by atoms with Gasteiger partial charge in [0, 0.05) is 22.8 Å². The molecule has 28 heavy (non-hydrogen) atoms. The Balaban J connectivity index is 1.67. The number of aromatic carboxylic acids is 1. The third-order valence-corrected chi connectivity index (χ3v) is 7.41. The van der Waals surface area contributed by atoms with Crippen molar-refractivity contribution in [1.29, 1.82) is 0 Å². The number of ether oxygens (including phenoxy) is 1. The maximum Gasteiger partial charge on any atom is 0.337 e. The molecule has 1 aromatic carbocycles. The zero-order chi connectivity index (χ0) is 20.1. The van der Waals surface area contributed by atoms with Crippen LogP contribution in [0.25, 0.3) is 10.4 Å². The first kappa shape index (κ1) is 19.5. The number of nitrogens with zero attached hydrogens (tertiary/aromatic N) is 1. The SMILES string of the molecule is Cc1cc(O[C@@H]2CCN(C)C2)ccc1-c1sc2c(c1C(=O)O)CC(C)(C)CC2. The molecule has 0 saturated carbocycles. The molecule has 5 heteroatoms. The smallest absolute Gasteiger partial charge is 0.337 e. The van der Waals surface area contributed by atoms with Gasteiger partial charge >= 0.3 is 5.97 Å². The Hall–Kier alpha value is -1.85. The van der Waals surface area contributed by atoms with Crippen LogP contribution < -0.4 is 4.74 Å². The van der Waals surface area contributed by atoms with Gasteiger partial charge in [0.05, 0.1) is 5.56 Å². The Morgan fingerprint density at radius 3 is 2.79 bits per heavy atom. The lowest BCUT2D eigenvalue weighted by Crippen LogP contribution is -2.22. The van der Waals surface area contributed by atoms with Crippen molar-refractivity contribution in [3.63, 3.8) is 0 Å². The van der Waals surface area contributed by atoms with Crippen LogP contribution in [-0.4, -0.2) is 42.2 Å². The van der Waals surface area contributed by atoms with Crippen molar-refractivity contribution in [1.82, 2.24) is 4.90 Å². The fourth-order valence-electron chi connectivity index (χ4n) is 4.48. The molecule has 4 rings (SSSR count). The molecule has 1 saturated heterocycles. The first-order valence-electron chi connectivity index (χ1n) is 10.1. The van der Waals surface area contributed by atoms with Crippen LogP contribution >= 0.6 is 11.3 Å². The van der Waals surface area contributed by atoms with Gasteiger partial charge in [0.15, 0.2) is 0 Å². The molecule has 4 nitrogen and oxygen atoms in total. The first-order chi connectivity index (χ1) is 13.2. The number of carboxylic acids is 1. The molecule has 1 atom stereocenters. The third-order valence-electron chi connectivity index (χ3n) is 6.08. The lowest BCUT2D eigenvalue weighted by molar-refractivity contribution is 0.0696.